The van der Waals surface area contributed by atoms with E-state index in [-0.39, 0.29) is 5.92 Å². The Morgan fingerprint density at radius 3 is 2.78 bits per heavy atom. The third-order valence-corrected chi connectivity index (χ3v) is 3.82. The summed E-state index contributed by atoms with van der Waals surface area (Å²) < 4.78 is 1.63. The van der Waals surface area contributed by atoms with Crippen LogP contribution in [0.15, 0.2) is 6.20 Å². The topological polar surface area (TPSA) is 67.2 Å². The van der Waals surface area contributed by atoms with Gasteiger partial charge in [-0.15, -0.1) is 0 Å². The molecule has 0 radical (unpaired) electrons. The quantitative estimate of drug-likeness (QED) is 0.826. The molecule has 1 aromatic rings. The minimum Gasteiger partial charge on any atom is -0.480 e. The third-order valence-electron chi connectivity index (χ3n) is 3.45. The summed E-state index contributed by atoms with van der Waals surface area (Å²) >= 11 is 5.96. The lowest BCUT2D eigenvalue weighted by atomic mass is 9.93. The molecule has 0 saturated heterocycles. The van der Waals surface area contributed by atoms with Crippen molar-refractivity contribution in [3.63, 3.8) is 0 Å². The van der Waals surface area contributed by atoms with Gasteiger partial charge in [-0.3, -0.25) is 9.48 Å². The molecule has 1 saturated carbocycles. The van der Waals surface area contributed by atoms with E-state index >= 15 is 0 Å². The van der Waals surface area contributed by atoms with Crippen molar-refractivity contribution in [2.24, 2.45) is 5.92 Å². The maximum absolute atomic E-state index is 11.7. The molecule has 2 N–H and O–H groups in total. The number of aromatic nitrogens is 2. The van der Waals surface area contributed by atoms with Crippen LogP contribution in [0.4, 0.5) is 0 Å². The van der Waals surface area contributed by atoms with Gasteiger partial charge in [-0.1, -0.05) is 18.5 Å². The molecule has 1 fully saturated rings. The lowest BCUT2D eigenvalue weighted by molar-refractivity contribution is -0.146. The summed E-state index contributed by atoms with van der Waals surface area (Å²) in [6.45, 7) is 4.66. The van der Waals surface area contributed by atoms with Gasteiger partial charge in [0, 0.05) is 6.20 Å². The van der Waals surface area contributed by atoms with Gasteiger partial charge in [0.05, 0.1) is 17.3 Å². The average Bonchev–Trinajstić information content (AvgIpc) is 3.07. The summed E-state index contributed by atoms with van der Waals surface area (Å²) in [5, 5.41) is 17.5. The molecule has 2 rings (SSSR count). The Balaban J connectivity index is 2.26. The van der Waals surface area contributed by atoms with Gasteiger partial charge < -0.3 is 10.4 Å². The molecule has 0 aromatic carbocycles. The number of rotatable bonds is 6. The van der Waals surface area contributed by atoms with Crippen molar-refractivity contribution in [1.82, 2.24) is 15.1 Å². The van der Waals surface area contributed by atoms with Crippen LogP contribution in [0.5, 0.6) is 0 Å². The van der Waals surface area contributed by atoms with Crippen molar-refractivity contribution in [3.8, 4) is 0 Å². The number of carboxylic acid groups (broad SMARTS) is 1. The first-order chi connectivity index (χ1) is 8.49. The highest BCUT2D eigenvalue weighted by molar-refractivity contribution is 6.31. The van der Waals surface area contributed by atoms with Crippen LogP contribution in [0.3, 0.4) is 0 Å². The number of likely N-dealkylation sites (N-methyl/N-ethyl adjacent to an activating group) is 1. The predicted molar refractivity (Wildman–Crippen MR) is 68.7 cm³/mol. The molecular formula is C12H18ClN3O2. The van der Waals surface area contributed by atoms with E-state index in [2.05, 4.69) is 10.4 Å². The zero-order valence-electron chi connectivity index (χ0n) is 10.6. The van der Waals surface area contributed by atoms with Crippen molar-refractivity contribution in [3.05, 3.63) is 16.9 Å². The molecule has 1 heterocycles. The van der Waals surface area contributed by atoms with E-state index in [1.54, 1.807) is 10.9 Å². The zero-order valence-corrected chi connectivity index (χ0v) is 11.4. The van der Waals surface area contributed by atoms with E-state index in [9.17, 15) is 9.90 Å². The van der Waals surface area contributed by atoms with E-state index in [0.717, 1.165) is 18.5 Å². The van der Waals surface area contributed by atoms with Crippen LogP contribution >= 0.6 is 11.6 Å². The van der Waals surface area contributed by atoms with Crippen LogP contribution in [0, 0.1) is 12.8 Å². The monoisotopic (exact) mass is 271 g/mol. The number of nitrogens with zero attached hydrogens (tertiary/aromatic N) is 2. The Morgan fingerprint density at radius 1 is 1.72 bits per heavy atom. The number of hydrogen-bond acceptors (Lipinski definition) is 3. The molecular weight excluding hydrogens is 254 g/mol. The van der Waals surface area contributed by atoms with Crippen LogP contribution < -0.4 is 5.32 Å². The molecule has 1 atom stereocenters. The molecule has 1 aromatic heterocycles. The highest BCUT2D eigenvalue weighted by Gasteiger charge is 2.51. The lowest BCUT2D eigenvalue weighted by Crippen LogP contribution is -2.57. The first-order valence-electron chi connectivity index (χ1n) is 6.17. The fraction of sp³-hybridized carbons (Fsp3) is 0.667. The van der Waals surface area contributed by atoms with Gasteiger partial charge in [-0.05, 0) is 32.2 Å². The van der Waals surface area contributed by atoms with Gasteiger partial charge in [-0.25, -0.2) is 0 Å². The van der Waals surface area contributed by atoms with Crippen molar-refractivity contribution in [2.75, 3.05) is 6.54 Å². The molecule has 0 bridgehead atoms. The number of halogens is 1. The fourth-order valence-electron chi connectivity index (χ4n) is 2.37. The number of carboxylic acids is 1. The van der Waals surface area contributed by atoms with E-state index < -0.39 is 11.5 Å². The standard InChI is InChI=1S/C12H18ClN3O2/c1-3-14-12(11(17)18,9-4-5-9)7-16-6-10(13)8(2)15-16/h6,9,14H,3-5,7H2,1-2H3,(H,17,18). The lowest BCUT2D eigenvalue weighted by Gasteiger charge is -2.30. The number of aliphatic carboxylic acids is 1. The molecule has 1 aliphatic rings. The molecule has 0 spiro atoms. The highest BCUT2D eigenvalue weighted by atomic mass is 35.5. The van der Waals surface area contributed by atoms with Crippen molar-refractivity contribution >= 4 is 17.6 Å². The molecule has 0 aliphatic heterocycles. The smallest absolute Gasteiger partial charge is 0.326 e. The van der Waals surface area contributed by atoms with Gasteiger partial charge in [-0.2, -0.15) is 5.10 Å². The Hall–Kier alpha value is -1.07. The van der Waals surface area contributed by atoms with Crippen molar-refractivity contribution < 1.29 is 9.90 Å². The Bertz CT molecular complexity index is 437. The van der Waals surface area contributed by atoms with E-state index in [1.165, 1.54) is 0 Å². The van der Waals surface area contributed by atoms with Crippen LogP contribution in [0.1, 0.15) is 25.5 Å². The summed E-state index contributed by atoms with van der Waals surface area (Å²) in [7, 11) is 0. The molecule has 18 heavy (non-hydrogen) atoms. The SMILES string of the molecule is CCNC(Cn1cc(Cl)c(C)n1)(C(=O)O)C1CC1. The van der Waals surface area contributed by atoms with E-state index in [4.69, 9.17) is 11.6 Å². The van der Waals surface area contributed by atoms with Gasteiger partial charge in [0.2, 0.25) is 0 Å². The normalized spacial score (nSPS) is 18.6. The molecule has 5 nitrogen and oxygen atoms in total. The summed E-state index contributed by atoms with van der Waals surface area (Å²) in [6.07, 6.45) is 3.59. The zero-order chi connectivity index (χ0) is 13.3. The van der Waals surface area contributed by atoms with Crippen LogP contribution in [-0.2, 0) is 11.3 Å². The number of hydrogen-bond donors (Lipinski definition) is 2. The van der Waals surface area contributed by atoms with E-state index in [0.29, 0.717) is 18.1 Å². The average molecular weight is 272 g/mol. The fourth-order valence-corrected chi connectivity index (χ4v) is 2.52. The third kappa shape index (κ3) is 2.37. The number of aryl methyl sites for hydroxylation is 1. The van der Waals surface area contributed by atoms with Gasteiger partial charge >= 0.3 is 5.97 Å². The first kappa shape index (κ1) is 13.4. The van der Waals surface area contributed by atoms with Crippen LogP contribution in [0.25, 0.3) is 0 Å². The molecule has 1 aliphatic carbocycles. The summed E-state index contributed by atoms with van der Waals surface area (Å²) in [6, 6.07) is 0. The first-order valence-corrected chi connectivity index (χ1v) is 6.55. The maximum Gasteiger partial charge on any atom is 0.326 e. The Labute approximate surface area is 111 Å². The summed E-state index contributed by atoms with van der Waals surface area (Å²) in [5.41, 5.74) is -0.195. The second kappa shape index (κ2) is 4.90. The second-order valence-electron chi connectivity index (χ2n) is 4.84. The number of carbonyl (C=O) groups is 1. The minimum atomic E-state index is -0.920. The highest BCUT2D eigenvalue weighted by Crippen LogP contribution is 2.41. The molecule has 1 unspecified atom stereocenters. The van der Waals surface area contributed by atoms with Crippen molar-refractivity contribution in [1.29, 1.82) is 0 Å². The van der Waals surface area contributed by atoms with Gasteiger partial charge in [0.15, 0.2) is 0 Å². The largest absolute Gasteiger partial charge is 0.480 e. The summed E-state index contributed by atoms with van der Waals surface area (Å²) in [5.74, 6) is -0.630. The van der Waals surface area contributed by atoms with Gasteiger partial charge in [0.25, 0.3) is 0 Å². The van der Waals surface area contributed by atoms with Gasteiger partial charge in [0.1, 0.15) is 5.54 Å². The van der Waals surface area contributed by atoms with Crippen LogP contribution in [-0.4, -0.2) is 32.9 Å². The minimum absolute atomic E-state index is 0.179. The van der Waals surface area contributed by atoms with E-state index in [1.807, 2.05) is 13.8 Å². The molecule has 0 amide bonds. The summed E-state index contributed by atoms with van der Waals surface area (Å²) in [4.78, 5) is 11.7. The maximum atomic E-state index is 11.7. The predicted octanol–water partition coefficient (Wildman–Crippen LogP) is 1.69. The van der Waals surface area contributed by atoms with Crippen molar-refractivity contribution in [2.45, 2.75) is 38.8 Å². The second-order valence-corrected chi connectivity index (χ2v) is 5.25. The molecule has 6 heteroatoms. The number of nitrogens with one attached hydrogen (secondary N) is 1. The van der Waals surface area contributed by atoms with Crippen LogP contribution in [0.2, 0.25) is 5.02 Å². The molecule has 100 valence electrons. The Kier molecular flexibility index (Phi) is 3.64. The Morgan fingerprint density at radius 2 is 2.39 bits per heavy atom.